The van der Waals surface area contributed by atoms with Crippen molar-refractivity contribution in [2.24, 2.45) is 5.92 Å². The Kier molecular flexibility index (Phi) is 3.89. The van der Waals surface area contributed by atoms with Crippen LogP contribution in [-0.2, 0) is 0 Å². The van der Waals surface area contributed by atoms with Crippen molar-refractivity contribution < 1.29 is 4.39 Å². The molecule has 88 valence electrons. The van der Waals surface area contributed by atoms with Gasteiger partial charge in [-0.05, 0) is 49.5 Å². The molecule has 2 nitrogen and oxygen atoms in total. The number of benzene rings is 1. The number of piperidine rings is 1. The maximum atomic E-state index is 13.1. The summed E-state index contributed by atoms with van der Waals surface area (Å²) in [5.41, 5.74) is 0.994. The fourth-order valence-electron chi connectivity index (χ4n) is 2.00. The van der Waals surface area contributed by atoms with Crippen molar-refractivity contribution >= 4 is 11.8 Å². The van der Waals surface area contributed by atoms with Crippen LogP contribution in [0.1, 0.15) is 18.4 Å². The molecule has 1 aliphatic rings. The molecule has 1 heterocycles. The summed E-state index contributed by atoms with van der Waals surface area (Å²) < 4.78 is 13.1. The van der Waals surface area contributed by atoms with Gasteiger partial charge < -0.3 is 5.32 Å². The van der Waals surface area contributed by atoms with Crippen LogP contribution in [0, 0.1) is 18.3 Å². The first-order valence-corrected chi connectivity index (χ1v) is 5.85. The molecule has 2 rings (SSSR count). The molecule has 0 radical (unpaired) electrons. The van der Waals surface area contributed by atoms with Crippen molar-refractivity contribution in [2.75, 3.05) is 13.1 Å². The molecule has 1 N–H and O–H groups in total. The molecule has 1 aromatic carbocycles. The average molecular weight is 230 g/mol. The third-order valence-corrected chi connectivity index (χ3v) is 3.04. The molecule has 1 aromatic rings. The van der Waals surface area contributed by atoms with Crippen LogP contribution in [0.25, 0.3) is 10.9 Å². The van der Waals surface area contributed by atoms with E-state index in [-0.39, 0.29) is 5.69 Å². The lowest BCUT2D eigenvalue weighted by atomic mass is 9.97. The Morgan fingerprint density at radius 1 is 1.35 bits per heavy atom. The van der Waals surface area contributed by atoms with Gasteiger partial charge in [0, 0.05) is 0 Å². The fraction of sp³-hybridized carbons (Fsp3) is 0.357. The summed E-state index contributed by atoms with van der Waals surface area (Å²) in [5.74, 6) is 0.150. The second-order valence-corrected chi connectivity index (χ2v) is 4.27. The number of rotatable bonds is 2. The molecule has 1 saturated heterocycles. The van der Waals surface area contributed by atoms with Gasteiger partial charge in [0.05, 0.1) is 6.57 Å². The number of halogens is 1. The third kappa shape index (κ3) is 3.15. The van der Waals surface area contributed by atoms with Crippen LogP contribution < -0.4 is 5.32 Å². The number of allylic oxidation sites excluding steroid dienone is 1. The van der Waals surface area contributed by atoms with E-state index in [1.54, 1.807) is 12.1 Å². The van der Waals surface area contributed by atoms with Gasteiger partial charge in [-0.2, -0.15) is 0 Å². The fourth-order valence-corrected chi connectivity index (χ4v) is 2.00. The van der Waals surface area contributed by atoms with E-state index in [2.05, 4.69) is 16.2 Å². The van der Waals surface area contributed by atoms with E-state index >= 15 is 0 Å². The third-order valence-electron chi connectivity index (χ3n) is 3.04. The van der Waals surface area contributed by atoms with Crippen LogP contribution in [0.15, 0.2) is 24.3 Å². The summed E-state index contributed by atoms with van der Waals surface area (Å²) in [7, 11) is 0. The monoisotopic (exact) mass is 230 g/mol. The van der Waals surface area contributed by atoms with Crippen molar-refractivity contribution in [3.8, 4) is 0 Å². The minimum absolute atomic E-state index is 0.0949. The van der Waals surface area contributed by atoms with E-state index in [4.69, 9.17) is 6.57 Å². The van der Waals surface area contributed by atoms with Crippen LogP contribution in [0.4, 0.5) is 10.1 Å². The summed E-state index contributed by atoms with van der Waals surface area (Å²) >= 11 is 0. The van der Waals surface area contributed by atoms with Gasteiger partial charge >= 0.3 is 0 Å². The van der Waals surface area contributed by atoms with Gasteiger partial charge in [0.25, 0.3) is 0 Å². The van der Waals surface area contributed by atoms with E-state index in [0.717, 1.165) is 31.5 Å². The van der Waals surface area contributed by atoms with Gasteiger partial charge in [0.2, 0.25) is 5.69 Å². The largest absolute Gasteiger partial charge is 0.317 e. The summed E-state index contributed by atoms with van der Waals surface area (Å²) in [6.07, 6.45) is 6.45. The molecule has 17 heavy (non-hydrogen) atoms. The highest BCUT2D eigenvalue weighted by molar-refractivity contribution is 5.58. The summed E-state index contributed by atoms with van der Waals surface area (Å²) in [4.78, 5) is 3.16. The number of hydrogen-bond acceptors (Lipinski definition) is 1. The van der Waals surface area contributed by atoms with E-state index in [1.165, 1.54) is 6.07 Å². The summed E-state index contributed by atoms with van der Waals surface area (Å²) in [6, 6.07) is 4.66. The average Bonchev–Trinajstić information content (AvgIpc) is 2.39. The molecule has 1 fully saturated rings. The number of nitrogens with zero attached hydrogens (tertiary/aromatic N) is 1. The Morgan fingerprint density at radius 2 is 2.12 bits per heavy atom. The standard InChI is InChI=1S/C14H15FN2/c1-16-14-10-12(4-5-13(14)15)3-2-11-6-8-17-9-7-11/h2-5,10-11,17H,6-9H2/b3-2+. The Labute approximate surface area is 101 Å². The van der Waals surface area contributed by atoms with Crippen LogP contribution in [0.3, 0.4) is 0 Å². The normalized spacial score (nSPS) is 17.2. The van der Waals surface area contributed by atoms with Gasteiger partial charge in [-0.15, -0.1) is 0 Å². The molecule has 1 aliphatic heterocycles. The van der Waals surface area contributed by atoms with E-state index in [1.807, 2.05) is 6.08 Å². The number of hydrogen-bond donors (Lipinski definition) is 1. The molecule has 0 unspecified atom stereocenters. The molecular formula is C14H15FN2. The van der Waals surface area contributed by atoms with Gasteiger partial charge in [0.15, 0.2) is 0 Å². The molecule has 0 saturated carbocycles. The van der Waals surface area contributed by atoms with Gasteiger partial charge in [-0.1, -0.05) is 18.2 Å². The van der Waals surface area contributed by atoms with E-state index in [9.17, 15) is 4.39 Å². The van der Waals surface area contributed by atoms with Crippen LogP contribution in [0.5, 0.6) is 0 Å². The molecule has 0 atom stereocenters. The molecule has 3 heteroatoms. The van der Waals surface area contributed by atoms with Gasteiger partial charge in [-0.25, -0.2) is 9.24 Å². The smallest absolute Gasteiger partial charge is 0.222 e. The van der Waals surface area contributed by atoms with Gasteiger partial charge in [0.1, 0.15) is 5.82 Å². The summed E-state index contributed by atoms with van der Waals surface area (Å²) in [5, 5.41) is 3.32. The first-order chi connectivity index (χ1) is 8.29. The minimum Gasteiger partial charge on any atom is -0.317 e. The van der Waals surface area contributed by atoms with Gasteiger partial charge in [-0.3, -0.25) is 0 Å². The van der Waals surface area contributed by atoms with Crippen molar-refractivity contribution in [1.82, 2.24) is 5.32 Å². The predicted molar refractivity (Wildman–Crippen MR) is 67.3 cm³/mol. The second kappa shape index (κ2) is 5.60. The lowest BCUT2D eigenvalue weighted by Crippen LogP contribution is -2.26. The maximum absolute atomic E-state index is 13.1. The highest BCUT2D eigenvalue weighted by Crippen LogP contribution is 2.21. The Morgan fingerprint density at radius 3 is 2.82 bits per heavy atom. The SMILES string of the molecule is [C-]#[N+]c1cc(/C=C/C2CCNCC2)ccc1F. The molecule has 0 spiro atoms. The quantitative estimate of drug-likeness (QED) is 0.770. The number of nitrogens with one attached hydrogen (secondary N) is 1. The van der Waals surface area contributed by atoms with Crippen molar-refractivity contribution in [1.29, 1.82) is 0 Å². The van der Waals surface area contributed by atoms with E-state index < -0.39 is 5.82 Å². The highest BCUT2D eigenvalue weighted by Gasteiger charge is 2.09. The predicted octanol–water partition coefficient (Wildman–Crippen LogP) is 3.39. The molecular weight excluding hydrogens is 215 g/mol. The van der Waals surface area contributed by atoms with Crippen LogP contribution in [0.2, 0.25) is 0 Å². The van der Waals surface area contributed by atoms with Crippen molar-refractivity contribution in [2.45, 2.75) is 12.8 Å². The maximum Gasteiger partial charge on any atom is 0.222 e. The van der Waals surface area contributed by atoms with Crippen molar-refractivity contribution in [3.63, 3.8) is 0 Å². The second-order valence-electron chi connectivity index (χ2n) is 4.27. The topological polar surface area (TPSA) is 16.4 Å². The Bertz CT molecular complexity index is 454. The zero-order valence-electron chi connectivity index (χ0n) is 9.62. The first-order valence-electron chi connectivity index (χ1n) is 5.85. The van der Waals surface area contributed by atoms with E-state index in [0.29, 0.717) is 5.92 Å². The minimum atomic E-state index is -0.445. The lowest BCUT2D eigenvalue weighted by molar-refractivity contribution is 0.438. The molecule has 0 aromatic heterocycles. The molecule has 0 bridgehead atoms. The first kappa shape index (κ1) is 11.8. The van der Waals surface area contributed by atoms with Crippen LogP contribution in [-0.4, -0.2) is 13.1 Å². The lowest BCUT2D eigenvalue weighted by Gasteiger charge is -2.19. The molecule has 0 aliphatic carbocycles. The Hall–Kier alpha value is -1.66. The highest BCUT2D eigenvalue weighted by atomic mass is 19.1. The molecule has 0 amide bonds. The zero-order chi connectivity index (χ0) is 12.1. The zero-order valence-corrected chi connectivity index (χ0v) is 9.62. The summed E-state index contributed by atoms with van der Waals surface area (Å²) in [6.45, 7) is 8.98. The van der Waals surface area contributed by atoms with Crippen LogP contribution >= 0.6 is 0 Å². The Balaban J connectivity index is 2.07. The van der Waals surface area contributed by atoms with Crippen molar-refractivity contribution in [3.05, 3.63) is 47.1 Å².